The summed E-state index contributed by atoms with van der Waals surface area (Å²) in [6.07, 6.45) is 1.49. The van der Waals surface area contributed by atoms with Crippen molar-refractivity contribution < 1.29 is 24.0 Å². The number of nitro benzene ring substituents is 1. The monoisotopic (exact) mass is 571 g/mol. The number of nitrogens with one attached hydrogen (secondary N) is 1. The van der Waals surface area contributed by atoms with Crippen molar-refractivity contribution in [1.29, 1.82) is 0 Å². The van der Waals surface area contributed by atoms with Gasteiger partial charge in [-0.1, -0.05) is 53.5 Å². The maximum absolute atomic E-state index is 12.9. The molecule has 3 amide bonds. The number of halogens is 2. The van der Waals surface area contributed by atoms with Crippen LogP contribution in [0.5, 0.6) is 5.75 Å². The molecule has 194 valence electrons. The summed E-state index contributed by atoms with van der Waals surface area (Å²) >= 11 is 13.1. The standard InChI is InChI=1S/C26H19Cl2N3O6S/c1-15-6-8-18(12-19(15)27)29-24(32)14-37-22-9-7-16(10-20(22)28)11-23-25(33)30(26(34)38-23)13-17-4-2-3-5-21(17)31(35)36/h2-12H,13-14H2,1H3,(H,29,32)/b23-11-. The first kappa shape index (κ1) is 27.2. The minimum absolute atomic E-state index is 0.148. The number of benzene rings is 3. The minimum Gasteiger partial charge on any atom is -0.482 e. The first-order chi connectivity index (χ1) is 18.1. The molecule has 0 saturated carbocycles. The third-order valence-corrected chi connectivity index (χ3v) is 7.07. The minimum atomic E-state index is -0.567. The van der Waals surface area contributed by atoms with Crippen LogP contribution in [0.1, 0.15) is 16.7 Å². The molecule has 0 spiro atoms. The van der Waals surface area contributed by atoms with Gasteiger partial charge in [-0.05, 0) is 60.2 Å². The Balaban J connectivity index is 1.40. The Hall–Kier alpha value is -3.86. The summed E-state index contributed by atoms with van der Waals surface area (Å²) in [4.78, 5) is 49.4. The highest BCUT2D eigenvalue weighted by atomic mass is 35.5. The van der Waals surface area contributed by atoms with Gasteiger partial charge in [-0.15, -0.1) is 0 Å². The van der Waals surface area contributed by atoms with Crippen LogP contribution in [-0.2, 0) is 16.1 Å². The smallest absolute Gasteiger partial charge is 0.293 e. The number of nitro groups is 1. The van der Waals surface area contributed by atoms with Gasteiger partial charge in [-0.2, -0.15) is 0 Å². The van der Waals surface area contributed by atoms with Crippen molar-refractivity contribution >= 4 is 69.5 Å². The third-order valence-electron chi connectivity index (χ3n) is 5.46. The summed E-state index contributed by atoms with van der Waals surface area (Å²) in [6.45, 7) is 1.34. The van der Waals surface area contributed by atoms with E-state index in [1.807, 2.05) is 6.92 Å². The maximum atomic E-state index is 12.9. The molecule has 0 radical (unpaired) electrons. The number of hydrogen-bond donors (Lipinski definition) is 1. The molecule has 38 heavy (non-hydrogen) atoms. The van der Waals surface area contributed by atoms with Gasteiger partial charge < -0.3 is 10.1 Å². The number of thioether (sulfide) groups is 1. The molecular weight excluding hydrogens is 553 g/mol. The Bertz CT molecular complexity index is 1490. The second-order valence-electron chi connectivity index (χ2n) is 8.14. The van der Waals surface area contributed by atoms with Crippen LogP contribution in [0.25, 0.3) is 6.08 Å². The molecule has 1 fully saturated rings. The quantitative estimate of drug-likeness (QED) is 0.187. The number of hydrogen-bond acceptors (Lipinski definition) is 7. The van der Waals surface area contributed by atoms with E-state index >= 15 is 0 Å². The van der Waals surface area contributed by atoms with Gasteiger partial charge >= 0.3 is 0 Å². The van der Waals surface area contributed by atoms with Gasteiger partial charge in [-0.25, -0.2) is 0 Å². The predicted molar refractivity (Wildman–Crippen MR) is 146 cm³/mol. The second kappa shape index (κ2) is 11.7. The average molecular weight is 572 g/mol. The molecule has 3 aromatic rings. The Morgan fingerprint density at radius 2 is 1.87 bits per heavy atom. The van der Waals surface area contributed by atoms with Crippen molar-refractivity contribution in [3.05, 3.63) is 102 Å². The Morgan fingerprint density at radius 3 is 2.58 bits per heavy atom. The molecule has 1 heterocycles. The van der Waals surface area contributed by atoms with Gasteiger partial charge in [0.15, 0.2) is 6.61 Å². The number of anilines is 1. The number of ether oxygens (including phenoxy) is 1. The topological polar surface area (TPSA) is 119 Å². The molecule has 12 heteroatoms. The van der Waals surface area contributed by atoms with Crippen molar-refractivity contribution in [3.8, 4) is 5.75 Å². The first-order valence-corrected chi connectivity index (χ1v) is 12.7. The molecule has 0 aliphatic carbocycles. The van der Waals surface area contributed by atoms with Gasteiger partial charge in [-0.3, -0.25) is 29.4 Å². The van der Waals surface area contributed by atoms with Gasteiger partial charge in [0.05, 0.1) is 21.4 Å². The van der Waals surface area contributed by atoms with Gasteiger partial charge in [0, 0.05) is 22.3 Å². The number of amides is 3. The van der Waals surface area contributed by atoms with Gasteiger partial charge in [0.25, 0.3) is 22.7 Å². The van der Waals surface area contributed by atoms with Crippen LogP contribution in [-0.4, -0.2) is 33.5 Å². The Labute approximate surface area is 231 Å². The Kier molecular flexibility index (Phi) is 8.35. The number of para-hydroxylation sites is 1. The van der Waals surface area contributed by atoms with Crippen LogP contribution in [0.2, 0.25) is 10.0 Å². The number of imide groups is 1. The van der Waals surface area contributed by atoms with Crippen LogP contribution < -0.4 is 10.1 Å². The fourth-order valence-corrected chi connectivity index (χ4v) is 4.78. The molecule has 3 aromatic carbocycles. The zero-order valence-electron chi connectivity index (χ0n) is 19.8. The molecular formula is C26H19Cl2N3O6S. The van der Waals surface area contributed by atoms with Crippen molar-refractivity contribution in [3.63, 3.8) is 0 Å². The van der Waals surface area contributed by atoms with Crippen LogP contribution in [0, 0.1) is 17.0 Å². The molecule has 0 atom stereocenters. The molecule has 1 saturated heterocycles. The molecule has 1 aliphatic heterocycles. The van der Waals surface area contributed by atoms with Crippen LogP contribution in [0.15, 0.2) is 65.6 Å². The van der Waals surface area contributed by atoms with Crippen molar-refractivity contribution in [2.45, 2.75) is 13.5 Å². The van der Waals surface area contributed by atoms with Gasteiger partial charge in [0.2, 0.25) is 0 Å². The van der Waals surface area contributed by atoms with E-state index in [2.05, 4.69) is 5.32 Å². The van der Waals surface area contributed by atoms with E-state index in [4.69, 9.17) is 27.9 Å². The first-order valence-electron chi connectivity index (χ1n) is 11.1. The number of rotatable bonds is 8. The molecule has 0 aromatic heterocycles. The zero-order chi connectivity index (χ0) is 27.4. The third kappa shape index (κ3) is 6.34. The highest BCUT2D eigenvalue weighted by Gasteiger charge is 2.36. The number of carbonyl (C=O) groups is 3. The SMILES string of the molecule is Cc1ccc(NC(=O)COc2ccc(/C=C3\SC(=O)N(Cc4ccccc4[N+](=O)[O-])C3=O)cc2Cl)cc1Cl. The predicted octanol–water partition coefficient (Wildman–Crippen LogP) is 6.46. The summed E-state index contributed by atoms with van der Waals surface area (Å²) in [6, 6.07) is 15.8. The van der Waals surface area contributed by atoms with Crippen molar-refractivity contribution in [1.82, 2.24) is 4.90 Å². The van der Waals surface area contributed by atoms with E-state index in [-0.39, 0.29) is 40.1 Å². The summed E-state index contributed by atoms with van der Waals surface area (Å²) in [7, 11) is 0. The average Bonchev–Trinajstić information content (AvgIpc) is 3.13. The fraction of sp³-hybridized carbons (Fsp3) is 0.115. The molecule has 0 unspecified atom stereocenters. The van der Waals surface area contributed by atoms with E-state index in [1.54, 1.807) is 36.4 Å². The lowest BCUT2D eigenvalue weighted by Gasteiger charge is -2.12. The van der Waals surface area contributed by atoms with Crippen molar-refractivity contribution in [2.24, 2.45) is 0 Å². The normalized spacial score (nSPS) is 14.2. The van der Waals surface area contributed by atoms with Crippen LogP contribution >= 0.6 is 35.0 Å². The van der Waals surface area contributed by atoms with E-state index < -0.39 is 22.0 Å². The highest BCUT2D eigenvalue weighted by Crippen LogP contribution is 2.35. The van der Waals surface area contributed by atoms with E-state index in [1.165, 1.54) is 30.3 Å². The summed E-state index contributed by atoms with van der Waals surface area (Å²) in [5.74, 6) is -0.717. The van der Waals surface area contributed by atoms with E-state index in [9.17, 15) is 24.5 Å². The lowest BCUT2D eigenvalue weighted by atomic mass is 10.1. The summed E-state index contributed by atoms with van der Waals surface area (Å²) < 4.78 is 5.51. The second-order valence-corrected chi connectivity index (χ2v) is 9.95. The summed E-state index contributed by atoms with van der Waals surface area (Å²) in [5, 5.41) is 14.1. The zero-order valence-corrected chi connectivity index (χ0v) is 22.1. The lowest BCUT2D eigenvalue weighted by molar-refractivity contribution is -0.385. The Morgan fingerprint density at radius 1 is 1.11 bits per heavy atom. The highest BCUT2D eigenvalue weighted by molar-refractivity contribution is 8.18. The molecule has 0 bridgehead atoms. The van der Waals surface area contributed by atoms with Gasteiger partial charge in [0.1, 0.15) is 5.75 Å². The number of nitrogens with zero attached hydrogens (tertiary/aromatic N) is 2. The molecule has 1 N–H and O–H groups in total. The van der Waals surface area contributed by atoms with Crippen LogP contribution in [0.3, 0.4) is 0 Å². The molecule has 4 rings (SSSR count). The van der Waals surface area contributed by atoms with Crippen molar-refractivity contribution in [2.75, 3.05) is 11.9 Å². The molecule has 9 nitrogen and oxygen atoms in total. The van der Waals surface area contributed by atoms with Crippen LogP contribution in [0.4, 0.5) is 16.2 Å². The van der Waals surface area contributed by atoms with E-state index in [0.29, 0.717) is 16.3 Å². The fourth-order valence-electron chi connectivity index (χ4n) is 3.52. The number of aryl methyl sites for hydroxylation is 1. The summed E-state index contributed by atoms with van der Waals surface area (Å²) in [5.41, 5.74) is 2.02. The van der Waals surface area contributed by atoms with E-state index in [0.717, 1.165) is 22.2 Å². The molecule has 1 aliphatic rings. The number of carbonyl (C=O) groups excluding carboxylic acids is 3. The maximum Gasteiger partial charge on any atom is 0.293 e. The lowest BCUT2D eigenvalue weighted by Crippen LogP contribution is -2.27. The largest absolute Gasteiger partial charge is 0.482 e.